The van der Waals surface area contributed by atoms with E-state index in [1.807, 2.05) is 12.1 Å². The van der Waals surface area contributed by atoms with E-state index in [-0.39, 0.29) is 5.54 Å². The van der Waals surface area contributed by atoms with Crippen LogP contribution in [0.25, 0.3) is 0 Å². The fourth-order valence-electron chi connectivity index (χ4n) is 2.82. The Morgan fingerprint density at radius 3 is 2.75 bits per heavy atom. The molecule has 0 radical (unpaired) electrons. The van der Waals surface area contributed by atoms with Crippen LogP contribution in [0.3, 0.4) is 0 Å². The molecule has 2 unspecified atom stereocenters. The quantitative estimate of drug-likeness (QED) is 0.905. The number of hydrogen-bond acceptors (Lipinski definition) is 2. The van der Waals surface area contributed by atoms with Crippen LogP contribution in [-0.4, -0.2) is 29.6 Å². The average Bonchev–Trinajstić information content (AvgIpc) is 2.42. The number of rotatable bonds is 4. The molecular formula is C17H27ClN2. The van der Waals surface area contributed by atoms with Gasteiger partial charge in [0.2, 0.25) is 0 Å². The fourth-order valence-corrected chi connectivity index (χ4v) is 3.01. The molecule has 2 rings (SSSR count). The van der Waals surface area contributed by atoms with Crippen molar-refractivity contribution < 1.29 is 0 Å². The van der Waals surface area contributed by atoms with Crippen LogP contribution in [-0.2, 0) is 6.54 Å². The summed E-state index contributed by atoms with van der Waals surface area (Å²) < 4.78 is 0. The van der Waals surface area contributed by atoms with Crippen LogP contribution in [0.1, 0.15) is 39.7 Å². The van der Waals surface area contributed by atoms with E-state index in [4.69, 9.17) is 11.6 Å². The highest BCUT2D eigenvalue weighted by Gasteiger charge is 2.35. The maximum atomic E-state index is 6.32. The number of halogens is 1. The predicted molar refractivity (Wildman–Crippen MR) is 87.2 cm³/mol. The molecule has 0 spiro atoms. The van der Waals surface area contributed by atoms with Crippen LogP contribution in [0.5, 0.6) is 0 Å². The Labute approximate surface area is 128 Å². The summed E-state index contributed by atoms with van der Waals surface area (Å²) in [4.78, 5) is 2.57. The van der Waals surface area contributed by atoms with Gasteiger partial charge in [0.25, 0.3) is 0 Å². The molecule has 1 N–H and O–H groups in total. The van der Waals surface area contributed by atoms with Gasteiger partial charge in [-0.3, -0.25) is 4.90 Å². The smallest absolute Gasteiger partial charge is 0.0451 e. The summed E-state index contributed by atoms with van der Waals surface area (Å²) in [5.74, 6) is 0.708. The largest absolute Gasteiger partial charge is 0.311 e. The van der Waals surface area contributed by atoms with Crippen molar-refractivity contribution in [1.29, 1.82) is 0 Å². The summed E-state index contributed by atoms with van der Waals surface area (Å²) in [7, 11) is 0. The van der Waals surface area contributed by atoms with Crippen LogP contribution in [0.4, 0.5) is 0 Å². The first-order valence-electron chi connectivity index (χ1n) is 7.66. The molecule has 1 saturated heterocycles. The summed E-state index contributed by atoms with van der Waals surface area (Å²) in [6.07, 6.45) is 1.22. The average molecular weight is 295 g/mol. The van der Waals surface area contributed by atoms with Crippen molar-refractivity contribution in [2.45, 2.75) is 52.2 Å². The molecule has 1 fully saturated rings. The summed E-state index contributed by atoms with van der Waals surface area (Å²) in [5, 5.41) is 4.59. The minimum absolute atomic E-state index is 0.170. The zero-order chi connectivity index (χ0) is 14.8. The van der Waals surface area contributed by atoms with Crippen LogP contribution in [0.15, 0.2) is 24.3 Å². The highest BCUT2D eigenvalue weighted by Crippen LogP contribution is 2.26. The number of nitrogens with zero attached hydrogens (tertiary/aromatic N) is 1. The third-order valence-corrected chi connectivity index (χ3v) is 5.09. The topological polar surface area (TPSA) is 15.3 Å². The second-order valence-corrected chi connectivity index (χ2v) is 7.06. The molecule has 112 valence electrons. The Morgan fingerprint density at radius 1 is 1.40 bits per heavy atom. The van der Waals surface area contributed by atoms with Gasteiger partial charge in [0.1, 0.15) is 0 Å². The SMILES string of the molecule is CCC(C)C1CN(Cc2ccccc2Cl)C(C)(C)CN1. The number of hydrogen-bond donors (Lipinski definition) is 1. The van der Waals surface area contributed by atoms with Gasteiger partial charge in [-0.25, -0.2) is 0 Å². The maximum absolute atomic E-state index is 6.32. The van der Waals surface area contributed by atoms with E-state index in [1.165, 1.54) is 12.0 Å². The molecule has 0 aliphatic carbocycles. The first-order chi connectivity index (χ1) is 9.44. The first-order valence-corrected chi connectivity index (χ1v) is 8.03. The lowest BCUT2D eigenvalue weighted by atomic mass is 9.90. The minimum atomic E-state index is 0.170. The zero-order valence-corrected chi connectivity index (χ0v) is 13.9. The van der Waals surface area contributed by atoms with Crippen molar-refractivity contribution in [3.8, 4) is 0 Å². The molecule has 1 aromatic rings. The molecule has 1 aromatic carbocycles. The van der Waals surface area contributed by atoms with Gasteiger partial charge in [-0.05, 0) is 31.4 Å². The van der Waals surface area contributed by atoms with E-state index in [1.54, 1.807) is 0 Å². The lowest BCUT2D eigenvalue weighted by molar-refractivity contribution is 0.0449. The molecule has 0 bridgehead atoms. The number of piperazine rings is 1. The van der Waals surface area contributed by atoms with Crippen LogP contribution >= 0.6 is 11.6 Å². The van der Waals surface area contributed by atoms with Crippen LogP contribution in [0.2, 0.25) is 5.02 Å². The van der Waals surface area contributed by atoms with Gasteiger partial charge in [-0.2, -0.15) is 0 Å². The Balaban J connectivity index is 2.12. The lowest BCUT2D eigenvalue weighted by Crippen LogP contribution is -2.62. The molecule has 0 aromatic heterocycles. The Hall–Kier alpha value is -0.570. The van der Waals surface area contributed by atoms with Gasteiger partial charge in [0, 0.05) is 36.2 Å². The Kier molecular flexibility index (Phi) is 5.11. The molecule has 2 atom stereocenters. The second kappa shape index (κ2) is 6.46. The predicted octanol–water partition coefficient (Wildman–Crippen LogP) is 3.94. The maximum Gasteiger partial charge on any atom is 0.0451 e. The molecule has 0 saturated carbocycles. The van der Waals surface area contributed by atoms with Gasteiger partial charge in [-0.1, -0.05) is 50.1 Å². The standard InChI is InChI=1S/C17H27ClN2/c1-5-13(2)16-11-20(17(3,4)12-19-16)10-14-8-6-7-9-15(14)18/h6-9,13,16,19H,5,10-12H2,1-4H3. The van der Waals surface area contributed by atoms with E-state index in [0.717, 1.165) is 24.7 Å². The summed E-state index contributed by atoms with van der Waals surface area (Å²) >= 11 is 6.32. The van der Waals surface area contributed by atoms with E-state index in [9.17, 15) is 0 Å². The highest BCUT2D eigenvalue weighted by atomic mass is 35.5. The second-order valence-electron chi connectivity index (χ2n) is 6.66. The summed E-state index contributed by atoms with van der Waals surface area (Å²) in [5.41, 5.74) is 1.40. The zero-order valence-electron chi connectivity index (χ0n) is 13.1. The summed E-state index contributed by atoms with van der Waals surface area (Å²) in [6, 6.07) is 8.77. The van der Waals surface area contributed by atoms with Gasteiger partial charge in [0.05, 0.1) is 0 Å². The van der Waals surface area contributed by atoms with Gasteiger partial charge in [-0.15, -0.1) is 0 Å². The van der Waals surface area contributed by atoms with E-state index < -0.39 is 0 Å². The molecule has 20 heavy (non-hydrogen) atoms. The van der Waals surface area contributed by atoms with Crippen molar-refractivity contribution in [2.75, 3.05) is 13.1 Å². The Morgan fingerprint density at radius 2 is 2.10 bits per heavy atom. The third-order valence-electron chi connectivity index (χ3n) is 4.72. The molecule has 0 amide bonds. The van der Waals surface area contributed by atoms with Crippen molar-refractivity contribution in [1.82, 2.24) is 10.2 Å². The first kappa shape index (κ1) is 15.8. The minimum Gasteiger partial charge on any atom is -0.311 e. The molecule has 3 heteroatoms. The van der Waals surface area contributed by atoms with E-state index >= 15 is 0 Å². The monoisotopic (exact) mass is 294 g/mol. The van der Waals surface area contributed by atoms with Gasteiger partial charge in [0.15, 0.2) is 0 Å². The normalized spacial score (nSPS) is 24.6. The van der Waals surface area contributed by atoms with E-state index in [0.29, 0.717) is 12.0 Å². The molecular weight excluding hydrogens is 268 g/mol. The third kappa shape index (κ3) is 3.55. The molecule has 1 heterocycles. The lowest BCUT2D eigenvalue weighted by Gasteiger charge is -2.47. The van der Waals surface area contributed by atoms with Crippen molar-refractivity contribution in [3.05, 3.63) is 34.9 Å². The highest BCUT2D eigenvalue weighted by molar-refractivity contribution is 6.31. The van der Waals surface area contributed by atoms with Crippen LogP contribution in [0, 0.1) is 5.92 Å². The number of nitrogens with one attached hydrogen (secondary N) is 1. The Bertz CT molecular complexity index is 444. The van der Waals surface area contributed by atoms with E-state index in [2.05, 4.69) is 50.0 Å². The molecule has 1 aliphatic heterocycles. The fraction of sp³-hybridized carbons (Fsp3) is 0.647. The number of benzene rings is 1. The van der Waals surface area contributed by atoms with Crippen molar-refractivity contribution in [3.63, 3.8) is 0 Å². The summed E-state index contributed by atoms with van der Waals surface area (Å²) in [6.45, 7) is 12.3. The molecule has 1 aliphatic rings. The van der Waals surface area contributed by atoms with Crippen molar-refractivity contribution >= 4 is 11.6 Å². The van der Waals surface area contributed by atoms with Crippen molar-refractivity contribution in [2.24, 2.45) is 5.92 Å². The van der Waals surface area contributed by atoms with Gasteiger partial charge >= 0.3 is 0 Å². The molecule has 2 nitrogen and oxygen atoms in total. The van der Waals surface area contributed by atoms with Crippen LogP contribution < -0.4 is 5.32 Å². The van der Waals surface area contributed by atoms with Gasteiger partial charge < -0.3 is 5.32 Å².